The third kappa shape index (κ3) is 2.57. The molecule has 0 amide bonds. The minimum atomic E-state index is -2.17. The van der Waals surface area contributed by atoms with Crippen LogP contribution >= 0.6 is 0 Å². The lowest BCUT2D eigenvalue weighted by Crippen LogP contribution is -2.30. The van der Waals surface area contributed by atoms with Gasteiger partial charge in [0.25, 0.3) is 5.82 Å². The van der Waals surface area contributed by atoms with Crippen LogP contribution in [0.15, 0.2) is 73.3 Å². The average Bonchev–Trinajstić information content (AvgIpc) is 3.24. The Hall–Kier alpha value is -3.07. The van der Waals surface area contributed by atoms with E-state index in [-0.39, 0.29) is 0 Å². The van der Waals surface area contributed by atoms with E-state index in [4.69, 9.17) is 4.11 Å². The molecular weight excluding hydrogens is 318 g/mol. The maximum Gasteiger partial charge on any atom is 0.265 e. The summed E-state index contributed by atoms with van der Waals surface area (Å²) in [4.78, 5) is 0. The lowest BCUT2D eigenvalue weighted by atomic mass is 10.0. The quantitative estimate of drug-likeness (QED) is 0.465. The molecule has 4 rings (SSSR count). The number of allylic oxidation sites excluding steroid dienone is 2. The third-order valence-corrected chi connectivity index (χ3v) is 4.82. The third-order valence-electron chi connectivity index (χ3n) is 4.82. The van der Waals surface area contributed by atoms with Crippen molar-refractivity contribution in [2.24, 2.45) is 7.05 Å². The summed E-state index contributed by atoms with van der Waals surface area (Å²) in [5.41, 5.74) is 4.31. The molecule has 3 heteroatoms. The Labute approximate surface area is 158 Å². The summed E-state index contributed by atoms with van der Waals surface area (Å²) in [7, 11) is 2.00. The normalized spacial score (nSPS) is 14.3. The van der Waals surface area contributed by atoms with Crippen LogP contribution in [0.25, 0.3) is 28.0 Å². The lowest BCUT2D eigenvalue weighted by Gasteiger charge is -2.01. The zero-order valence-electron chi connectivity index (χ0n) is 18.3. The lowest BCUT2D eigenvalue weighted by molar-refractivity contribution is -0.664. The Morgan fingerprint density at radius 2 is 1.88 bits per heavy atom. The van der Waals surface area contributed by atoms with Crippen molar-refractivity contribution in [2.45, 2.75) is 20.7 Å². The standard InChI is InChI=1S/C23H24N3/c1-5-17(2)21-14-26(23-18(3)10-9-13-20(21)23)22-15-25(16-24(22)4)19-11-7-6-8-12-19/h5-16H,1-4H3/q+1/i2D3. The largest absolute Gasteiger partial charge is 0.265 e. The molecule has 4 aromatic rings. The zero-order chi connectivity index (χ0) is 20.8. The van der Waals surface area contributed by atoms with Crippen LogP contribution in [0, 0.1) is 6.92 Å². The summed E-state index contributed by atoms with van der Waals surface area (Å²) in [6.45, 7) is 1.67. The fourth-order valence-corrected chi connectivity index (χ4v) is 3.48. The fourth-order valence-electron chi connectivity index (χ4n) is 3.48. The van der Waals surface area contributed by atoms with Crippen LogP contribution in [0.1, 0.15) is 29.0 Å². The van der Waals surface area contributed by atoms with Crippen LogP contribution in [0.5, 0.6) is 0 Å². The SMILES string of the molecule is [2H]C([2H])([2H])C(=CC)c1cn(-c2cn(-c3ccccc3)c[n+]2C)c2c(C)cccc12. The van der Waals surface area contributed by atoms with Crippen LogP contribution in [0.2, 0.25) is 0 Å². The molecular formula is C23H24N3+. The highest BCUT2D eigenvalue weighted by atomic mass is 15.2. The first-order chi connectivity index (χ1) is 13.8. The second kappa shape index (κ2) is 6.34. The van der Waals surface area contributed by atoms with Crippen LogP contribution in [0.4, 0.5) is 0 Å². The number of aryl methyl sites for hydroxylation is 2. The number of fused-ring (bicyclic) bond motifs is 1. The number of nitrogens with zero attached hydrogens (tertiary/aromatic N) is 3. The van der Waals surface area contributed by atoms with Crippen molar-refractivity contribution in [2.75, 3.05) is 0 Å². The van der Waals surface area contributed by atoms with Gasteiger partial charge >= 0.3 is 0 Å². The molecule has 0 aliphatic heterocycles. The Morgan fingerprint density at radius 3 is 2.62 bits per heavy atom. The van der Waals surface area contributed by atoms with E-state index in [1.165, 1.54) is 0 Å². The summed E-state index contributed by atoms with van der Waals surface area (Å²) in [6.07, 6.45) is 7.73. The molecule has 0 aliphatic carbocycles. The van der Waals surface area contributed by atoms with Crippen molar-refractivity contribution in [1.29, 1.82) is 0 Å². The minimum Gasteiger partial charge on any atom is -0.238 e. The topological polar surface area (TPSA) is 13.7 Å². The van der Waals surface area contributed by atoms with Gasteiger partial charge in [-0.05, 0) is 44.0 Å². The van der Waals surface area contributed by atoms with Crippen molar-refractivity contribution in [3.8, 4) is 11.5 Å². The maximum absolute atomic E-state index is 7.97. The molecule has 0 aliphatic rings. The van der Waals surface area contributed by atoms with E-state index < -0.39 is 6.85 Å². The summed E-state index contributed by atoms with van der Waals surface area (Å²) in [6, 6.07) is 16.2. The Bertz CT molecular complexity index is 1210. The second-order valence-electron chi connectivity index (χ2n) is 6.54. The summed E-state index contributed by atoms with van der Waals surface area (Å²) >= 11 is 0. The number of rotatable bonds is 3. The van der Waals surface area contributed by atoms with E-state index in [0.717, 1.165) is 33.5 Å². The summed E-state index contributed by atoms with van der Waals surface area (Å²) < 4.78 is 30.1. The van der Waals surface area contributed by atoms with Crippen molar-refractivity contribution < 1.29 is 8.68 Å². The highest BCUT2D eigenvalue weighted by molar-refractivity contribution is 5.95. The Balaban J connectivity index is 1.98. The highest BCUT2D eigenvalue weighted by Crippen LogP contribution is 2.31. The molecule has 2 aromatic carbocycles. The van der Waals surface area contributed by atoms with Gasteiger partial charge in [0, 0.05) is 15.1 Å². The summed E-state index contributed by atoms with van der Waals surface area (Å²) in [5, 5.41) is 0.946. The molecule has 0 saturated heterocycles. The van der Waals surface area contributed by atoms with E-state index in [1.54, 1.807) is 13.0 Å². The first kappa shape index (κ1) is 13.2. The molecule has 0 saturated carbocycles. The molecule has 2 heterocycles. The first-order valence-electron chi connectivity index (χ1n) is 10.2. The molecule has 2 aromatic heterocycles. The molecule has 0 bridgehead atoms. The van der Waals surface area contributed by atoms with Gasteiger partial charge in [-0.1, -0.05) is 42.5 Å². The van der Waals surface area contributed by atoms with Gasteiger partial charge in [-0.3, -0.25) is 0 Å². The number of hydrogen-bond acceptors (Lipinski definition) is 0. The van der Waals surface area contributed by atoms with Crippen LogP contribution in [0.3, 0.4) is 0 Å². The first-order valence-corrected chi connectivity index (χ1v) is 8.72. The van der Waals surface area contributed by atoms with Crippen LogP contribution in [-0.2, 0) is 7.05 Å². The van der Waals surface area contributed by atoms with Gasteiger partial charge in [-0.2, -0.15) is 0 Å². The monoisotopic (exact) mass is 345 g/mol. The van der Waals surface area contributed by atoms with Crippen LogP contribution < -0.4 is 4.57 Å². The molecule has 130 valence electrons. The Kier molecular flexibility index (Phi) is 3.21. The number of para-hydroxylation sites is 2. The van der Waals surface area contributed by atoms with Crippen molar-refractivity contribution in [3.63, 3.8) is 0 Å². The van der Waals surface area contributed by atoms with Gasteiger partial charge in [0.15, 0.2) is 6.33 Å². The van der Waals surface area contributed by atoms with Crippen molar-refractivity contribution in [3.05, 3.63) is 84.5 Å². The fraction of sp³-hybridized carbons (Fsp3) is 0.174. The van der Waals surface area contributed by atoms with Gasteiger partial charge in [0.2, 0.25) is 0 Å². The smallest absolute Gasteiger partial charge is 0.238 e. The maximum atomic E-state index is 7.97. The molecule has 0 unspecified atom stereocenters. The van der Waals surface area contributed by atoms with Crippen molar-refractivity contribution in [1.82, 2.24) is 9.13 Å². The van der Waals surface area contributed by atoms with Gasteiger partial charge in [-0.15, -0.1) is 0 Å². The number of imidazole rings is 1. The van der Waals surface area contributed by atoms with E-state index in [9.17, 15) is 0 Å². The van der Waals surface area contributed by atoms with E-state index in [0.29, 0.717) is 5.57 Å². The number of hydrogen-bond donors (Lipinski definition) is 0. The predicted molar refractivity (Wildman–Crippen MR) is 108 cm³/mol. The zero-order valence-corrected chi connectivity index (χ0v) is 15.3. The predicted octanol–water partition coefficient (Wildman–Crippen LogP) is 4.98. The van der Waals surface area contributed by atoms with E-state index >= 15 is 0 Å². The molecule has 0 N–H and O–H groups in total. The van der Waals surface area contributed by atoms with E-state index in [2.05, 4.69) is 40.5 Å². The summed E-state index contributed by atoms with van der Waals surface area (Å²) in [5.74, 6) is 0.959. The minimum absolute atomic E-state index is 0.372. The molecule has 0 radical (unpaired) electrons. The molecule has 26 heavy (non-hydrogen) atoms. The number of aromatic nitrogens is 3. The van der Waals surface area contributed by atoms with Gasteiger partial charge in [-0.25, -0.2) is 13.7 Å². The van der Waals surface area contributed by atoms with Crippen molar-refractivity contribution >= 4 is 16.5 Å². The molecule has 0 atom stereocenters. The average molecular weight is 345 g/mol. The highest BCUT2D eigenvalue weighted by Gasteiger charge is 2.20. The van der Waals surface area contributed by atoms with Gasteiger partial charge < -0.3 is 0 Å². The van der Waals surface area contributed by atoms with E-state index in [1.807, 2.05) is 54.5 Å². The number of benzene rings is 2. The molecule has 0 fully saturated rings. The molecule has 3 nitrogen and oxygen atoms in total. The Morgan fingerprint density at radius 1 is 1.08 bits per heavy atom. The van der Waals surface area contributed by atoms with Gasteiger partial charge in [0.05, 0.1) is 13.2 Å². The second-order valence-corrected chi connectivity index (χ2v) is 6.54. The molecule has 0 spiro atoms. The van der Waals surface area contributed by atoms with Gasteiger partial charge in [0.1, 0.15) is 17.4 Å². The van der Waals surface area contributed by atoms with Crippen LogP contribution in [-0.4, -0.2) is 9.13 Å².